The van der Waals surface area contributed by atoms with Gasteiger partial charge in [-0.25, -0.2) is 4.79 Å². The van der Waals surface area contributed by atoms with Gasteiger partial charge in [0.25, 0.3) is 5.91 Å². The van der Waals surface area contributed by atoms with Crippen LogP contribution >= 0.6 is 31.9 Å². The highest BCUT2D eigenvalue weighted by atomic mass is 79.9. The number of amides is 3. The molecular weight excluding hydrogens is 368 g/mol. The number of benzene rings is 1. The van der Waals surface area contributed by atoms with Crippen LogP contribution in [-0.4, -0.2) is 29.0 Å². The molecule has 2 rings (SSSR count). The second-order valence-corrected chi connectivity index (χ2v) is 5.39. The standard InChI is InChI=1S/C11H8Br2N2O3/c1-15-10(17)8(14-11(15)18)4-5-2-6(12)9(16)7(13)3-5/h2-4,16H,1H3,(H,14,18)/b8-4+. The van der Waals surface area contributed by atoms with Crippen LogP contribution in [0.25, 0.3) is 6.08 Å². The Morgan fingerprint density at radius 3 is 2.28 bits per heavy atom. The first-order chi connectivity index (χ1) is 8.40. The van der Waals surface area contributed by atoms with E-state index >= 15 is 0 Å². The van der Waals surface area contributed by atoms with Crippen LogP contribution in [0.2, 0.25) is 0 Å². The van der Waals surface area contributed by atoms with Gasteiger partial charge in [0.05, 0.1) is 8.95 Å². The van der Waals surface area contributed by atoms with Gasteiger partial charge in [0.2, 0.25) is 0 Å². The lowest BCUT2D eigenvalue weighted by molar-refractivity contribution is -0.121. The fourth-order valence-electron chi connectivity index (χ4n) is 1.46. The van der Waals surface area contributed by atoms with Crippen LogP contribution in [0.3, 0.4) is 0 Å². The van der Waals surface area contributed by atoms with Crippen molar-refractivity contribution in [3.05, 3.63) is 32.3 Å². The van der Waals surface area contributed by atoms with Crippen LogP contribution in [0.15, 0.2) is 26.8 Å². The van der Waals surface area contributed by atoms with Crippen LogP contribution in [-0.2, 0) is 4.79 Å². The first kappa shape index (κ1) is 13.1. The molecule has 3 amide bonds. The maximum atomic E-state index is 11.7. The molecule has 2 N–H and O–H groups in total. The molecule has 1 saturated heterocycles. The van der Waals surface area contributed by atoms with Gasteiger partial charge in [-0.3, -0.25) is 9.69 Å². The van der Waals surface area contributed by atoms with Crippen LogP contribution in [0.1, 0.15) is 5.56 Å². The molecule has 0 unspecified atom stereocenters. The third kappa shape index (κ3) is 2.28. The lowest BCUT2D eigenvalue weighted by Crippen LogP contribution is -2.25. The van der Waals surface area contributed by atoms with Gasteiger partial charge in [0.1, 0.15) is 11.4 Å². The third-order valence-electron chi connectivity index (χ3n) is 2.43. The number of phenols is 1. The number of rotatable bonds is 1. The predicted octanol–water partition coefficient (Wildman–Crippen LogP) is 2.44. The number of urea groups is 1. The molecule has 0 saturated carbocycles. The Hall–Kier alpha value is -1.34. The van der Waals surface area contributed by atoms with E-state index in [0.29, 0.717) is 14.5 Å². The molecule has 1 aliphatic heterocycles. The van der Waals surface area contributed by atoms with Gasteiger partial charge in [-0.15, -0.1) is 0 Å². The summed E-state index contributed by atoms with van der Waals surface area (Å²) in [6.07, 6.45) is 1.54. The molecule has 94 valence electrons. The normalized spacial score (nSPS) is 17.5. The van der Waals surface area contributed by atoms with Crippen LogP contribution in [0.5, 0.6) is 5.75 Å². The maximum Gasteiger partial charge on any atom is 0.328 e. The van der Waals surface area contributed by atoms with Gasteiger partial charge < -0.3 is 10.4 Å². The Labute approximate surface area is 120 Å². The van der Waals surface area contributed by atoms with Gasteiger partial charge in [-0.1, -0.05) is 0 Å². The summed E-state index contributed by atoms with van der Waals surface area (Å²) in [5.74, 6) is -0.309. The summed E-state index contributed by atoms with van der Waals surface area (Å²) in [6, 6.07) is 2.83. The maximum absolute atomic E-state index is 11.7. The highest BCUT2D eigenvalue weighted by Crippen LogP contribution is 2.34. The predicted molar refractivity (Wildman–Crippen MR) is 72.8 cm³/mol. The van der Waals surface area contributed by atoms with E-state index < -0.39 is 6.03 Å². The first-order valence-corrected chi connectivity index (χ1v) is 6.47. The number of phenolic OH excluding ortho intramolecular Hbond substituents is 1. The van der Waals surface area contributed by atoms with Crippen molar-refractivity contribution in [3.63, 3.8) is 0 Å². The summed E-state index contributed by atoms with van der Waals surface area (Å²) in [7, 11) is 1.40. The number of hydrogen-bond acceptors (Lipinski definition) is 3. The molecule has 0 radical (unpaired) electrons. The lowest BCUT2D eigenvalue weighted by Gasteiger charge is -2.03. The second-order valence-electron chi connectivity index (χ2n) is 3.69. The summed E-state index contributed by atoms with van der Waals surface area (Å²) in [4.78, 5) is 23.9. The fraction of sp³-hybridized carbons (Fsp3) is 0.0909. The van der Waals surface area contributed by atoms with Crippen molar-refractivity contribution in [2.75, 3.05) is 7.05 Å². The van der Waals surface area contributed by atoms with E-state index in [4.69, 9.17) is 0 Å². The zero-order chi connectivity index (χ0) is 13.4. The number of aromatic hydroxyl groups is 1. The van der Waals surface area contributed by atoms with Crippen molar-refractivity contribution in [1.82, 2.24) is 10.2 Å². The summed E-state index contributed by atoms with van der Waals surface area (Å²) < 4.78 is 0.989. The Kier molecular flexibility index (Phi) is 3.45. The van der Waals surface area contributed by atoms with Crippen LogP contribution < -0.4 is 5.32 Å². The summed E-state index contributed by atoms with van der Waals surface area (Å²) in [6.45, 7) is 0. The van der Waals surface area contributed by atoms with E-state index in [1.165, 1.54) is 7.05 Å². The van der Waals surface area contributed by atoms with Crippen molar-refractivity contribution in [2.45, 2.75) is 0 Å². The summed E-state index contributed by atoms with van der Waals surface area (Å²) in [5.41, 5.74) is 0.873. The van der Waals surface area contributed by atoms with Crippen molar-refractivity contribution in [1.29, 1.82) is 0 Å². The van der Waals surface area contributed by atoms with E-state index in [1.807, 2.05) is 0 Å². The fourth-order valence-corrected chi connectivity index (χ4v) is 2.68. The molecule has 0 bridgehead atoms. The molecule has 5 nitrogen and oxygen atoms in total. The van der Waals surface area contributed by atoms with E-state index in [-0.39, 0.29) is 17.4 Å². The molecule has 1 aliphatic rings. The molecular formula is C11H8Br2N2O3. The van der Waals surface area contributed by atoms with Crippen LogP contribution in [0.4, 0.5) is 4.79 Å². The molecule has 0 aromatic heterocycles. The average molecular weight is 376 g/mol. The second kappa shape index (κ2) is 4.74. The van der Waals surface area contributed by atoms with Gasteiger partial charge >= 0.3 is 6.03 Å². The van der Waals surface area contributed by atoms with E-state index in [0.717, 1.165) is 4.90 Å². The van der Waals surface area contributed by atoms with Crippen LogP contribution in [0, 0.1) is 0 Å². The van der Waals surface area contributed by atoms with E-state index in [1.54, 1.807) is 18.2 Å². The number of imide groups is 1. The van der Waals surface area contributed by atoms with E-state index in [2.05, 4.69) is 37.2 Å². The Morgan fingerprint density at radius 2 is 1.83 bits per heavy atom. The smallest absolute Gasteiger partial charge is 0.328 e. The molecule has 1 aromatic carbocycles. The van der Waals surface area contributed by atoms with Gasteiger partial charge in [0.15, 0.2) is 0 Å². The van der Waals surface area contributed by atoms with Crippen molar-refractivity contribution < 1.29 is 14.7 Å². The summed E-state index contributed by atoms with van der Waals surface area (Å²) >= 11 is 6.39. The highest BCUT2D eigenvalue weighted by molar-refractivity contribution is 9.11. The minimum Gasteiger partial charge on any atom is -0.506 e. The van der Waals surface area contributed by atoms with Crippen molar-refractivity contribution >= 4 is 49.9 Å². The molecule has 0 aliphatic carbocycles. The topological polar surface area (TPSA) is 69.6 Å². The molecule has 1 fully saturated rings. The average Bonchev–Trinajstić information content (AvgIpc) is 2.54. The first-order valence-electron chi connectivity index (χ1n) is 4.89. The molecule has 1 heterocycles. The number of carbonyl (C=O) groups excluding carboxylic acids is 2. The largest absolute Gasteiger partial charge is 0.506 e. The molecule has 0 atom stereocenters. The van der Waals surface area contributed by atoms with E-state index in [9.17, 15) is 14.7 Å². The number of halogens is 2. The Balaban J connectivity index is 2.40. The monoisotopic (exact) mass is 374 g/mol. The quantitative estimate of drug-likeness (QED) is 0.585. The van der Waals surface area contributed by atoms with Gasteiger partial charge in [-0.05, 0) is 55.6 Å². The SMILES string of the molecule is CN1C(=O)N/C(=C/c2cc(Br)c(O)c(Br)c2)C1=O. The minimum atomic E-state index is -0.455. The molecule has 1 aromatic rings. The molecule has 7 heteroatoms. The number of likely N-dealkylation sites (N-methyl/N-ethyl adjacent to an activating group) is 1. The Bertz CT molecular complexity index is 561. The number of carbonyl (C=O) groups is 2. The number of nitrogens with zero attached hydrogens (tertiary/aromatic N) is 1. The Morgan fingerprint density at radius 1 is 1.28 bits per heavy atom. The third-order valence-corrected chi connectivity index (χ3v) is 3.64. The summed E-state index contributed by atoms with van der Waals surface area (Å²) in [5, 5.41) is 12.0. The van der Waals surface area contributed by atoms with Crippen molar-refractivity contribution in [3.8, 4) is 5.75 Å². The minimum absolute atomic E-state index is 0.0797. The zero-order valence-corrected chi connectivity index (χ0v) is 12.4. The lowest BCUT2D eigenvalue weighted by atomic mass is 10.2. The van der Waals surface area contributed by atoms with Gasteiger partial charge in [0, 0.05) is 7.05 Å². The molecule has 0 spiro atoms. The van der Waals surface area contributed by atoms with Crippen molar-refractivity contribution in [2.24, 2.45) is 0 Å². The number of nitrogens with one attached hydrogen (secondary N) is 1. The number of hydrogen-bond donors (Lipinski definition) is 2. The molecule has 18 heavy (non-hydrogen) atoms. The van der Waals surface area contributed by atoms with Gasteiger partial charge in [-0.2, -0.15) is 0 Å². The zero-order valence-electron chi connectivity index (χ0n) is 9.20. The highest BCUT2D eigenvalue weighted by Gasteiger charge is 2.29.